The molecule has 0 spiro atoms. The van der Waals surface area contributed by atoms with E-state index in [0.29, 0.717) is 0 Å². The van der Waals surface area contributed by atoms with Crippen LogP contribution in [0.1, 0.15) is 47.5 Å². The third kappa shape index (κ3) is 4.21. The summed E-state index contributed by atoms with van der Waals surface area (Å²) in [5, 5.41) is 0. The predicted molar refractivity (Wildman–Crippen MR) is 70.8 cm³/mol. The van der Waals surface area contributed by atoms with E-state index >= 15 is 0 Å². The van der Waals surface area contributed by atoms with Gasteiger partial charge in [-0.15, -0.1) is 13.3 Å². The molecule has 2 aliphatic rings. The zero-order valence-electron chi connectivity index (χ0n) is 11.6. The fourth-order valence-corrected chi connectivity index (χ4v) is 1.99. The van der Waals surface area contributed by atoms with Crippen LogP contribution in [-0.4, -0.2) is 0 Å². The molecular formula is C16H22Zr. The van der Waals surface area contributed by atoms with E-state index in [1.807, 2.05) is 12.2 Å². The molecule has 0 nitrogen and oxygen atoms in total. The number of hydrogen-bond donors (Lipinski definition) is 0. The Bertz CT molecular complexity index is 359. The summed E-state index contributed by atoms with van der Waals surface area (Å²) in [6, 6.07) is 0. The van der Waals surface area contributed by atoms with Crippen LogP contribution in [0.3, 0.4) is 0 Å². The number of hydrogen-bond acceptors (Lipinski definition) is 0. The standard InChI is InChI=1S/C11H17.C5H5.Zr/c1-6-11(5)7-8(2)9(3)10(11)4;1-2-4-5-3-1;/h6H2,1-5H3;1-3H,4H2;/q2*-1;+2. The minimum absolute atomic E-state index is 0. The van der Waals surface area contributed by atoms with Crippen LogP contribution in [0.2, 0.25) is 0 Å². The second kappa shape index (κ2) is 7.32. The molecule has 0 heterocycles. The van der Waals surface area contributed by atoms with Crippen LogP contribution in [0.25, 0.3) is 0 Å². The first-order valence-electron chi connectivity index (χ1n) is 6.03. The van der Waals surface area contributed by atoms with Crippen molar-refractivity contribution < 1.29 is 26.2 Å². The molecule has 0 aromatic carbocycles. The SMILES string of the molecule is CCC1(C)[C-]=C(C)C(C)=C1C.[C-]1=CC=CC1.[Zr+2]. The summed E-state index contributed by atoms with van der Waals surface area (Å²) in [6.45, 7) is 11.1. The molecule has 2 aliphatic carbocycles. The monoisotopic (exact) mass is 304 g/mol. The Morgan fingerprint density at radius 3 is 2.12 bits per heavy atom. The van der Waals surface area contributed by atoms with Crippen molar-refractivity contribution in [3.63, 3.8) is 0 Å². The Hall–Kier alpha value is -0.157. The van der Waals surface area contributed by atoms with Gasteiger partial charge in [-0.3, -0.25) is 12.2 Å². The van der Waals surface area contributed by atoms with Crippen LogP contribution >= 0.6 is 0 Å². The molecule has 0 aliphatic heterocycles. The van der Waals surface area contributed by atoms with Gasteiger partial charge in [-0.2, -0.15) is 17.2 Å². The first-order valence-corrected chi connectivity index (χ1v) is 6.03. The summed E-state index contributed by atoms with van der Waals surface area (Å²) < 4.78 is 0. The van der Waals surface area contributed by atoms with Crippen molar-refractivity contribution in [1.29, 1.82) is 0 Å². The molecule has 1 unspecified atom stereocenters. The van der Waals surface area contributed by atoms with Gasteiger partial charge in [0, 0.05) is 0 Å². The van der Waals surface area contributed by atoms with Gasteiger partial charge in [0.05, 0.1) is 0 Å². The third-order valence-electron chi connectivity index (χ3n) is 3.71. The summed E-state index contributed by atoms with van der Waals surface area (Å²) in [4.78, 5) is 0. The second-order valence-electron chi connectivity index (χ2n) is 4.69. The van der Waals surface area contributed by atoms with Crippen molar-refractivity contribution in [1.82, 2.24) is 0 Å². The van der Waals surface area contributed by atoms with E-state index in [-0.39, 0.29) is 31.6 Å². The first-order chi connectivity index (χ1) is 7.51. The molecule has 0 radical (unpaired) electrons. The van der Waals surface area contributed by atoms with Crippen LogP contribution in [-0.2, 0) is 26.2 Å². The van der Waals surface area contributed by atoms with Crippen LogP contribution in [0.15, 0.2) is 34.9 Å². The molecule has 0 saturated heterocycles. The molecular weight excluding hydrogens is 283 g/mol. The molecule has 0 fully saturated rings. The van der Waals surface area contributed by atoms with Crippen molar-refractivity contribution in [3.05, 3.63) is 47.1 Å². The largest absolute Gasteiger partial charge is 2.00 e. The summed E-state index contributed by atoms with van der Waals surface area (Å²) in [6.07, 6.45) is 14.7. The van der Waals surface area contributed by atoms with Gasteiger partial charge in [-0.05, 0) is 0 Å². The smallest absolute Gasteiger partial charge is 0.273 e. The van der Waals surface area contributed by atoms with Crippen molar-refractivity contribution >= 4 is 0 Å². The molecule has 1 heteroatoms. The molecule has 1 atom stereocenters. The van der Waals surface area contributed by atoms with Crippen molar-refractivity contribution in [3.8, 4) is 0 Å². The minimum Gasteiger partial charge on any atom is -0.273 e. The Balaban J connectivity index is 0.000000360. The molecule has 0 bridgehead atoms. The predicted octanol–water partition coefficient (Wildman–Crippen LogP) is 4.81. The molecule has 0 aromatic rings. The first kappa shape index (κ1) is 16.8. The van der Waals surface area contributed by atoms with Crippen molar-refractivity contribution in [2.24, 2.45) is 5.41 Å². The fraction of sp³-hybridized carbons (Fsp3) is 0.500. The number of allylic oxidation sites excluding steroid dienone is 8. The van der Waals surface area contributed by atoms with Gasteiger partial charge in [0.2, 0.25) is 0 Å². The van der Waals surface area contributed by atoms with E-state index in [9.17, 15) is 0 Å². The number of rotatable bonds is 1. The Morgan fingerprint density at radius 1 is 1.29 bits per heavy atom. The summed E-state index contributed by atoms with van der Waals surface area (Å²) >= 11 is 0. The molecule has 17 heavy (non-hydrogen) atoms. The van der Waals surface area contributed by atoms with Gasteiger partial charge in [-0.1, -0.05) is 39.5 Å². The maximum absolute atomic E-state index is 3.52. The van der Waals surface area contributed by atoms with Crippen molar-refractivity contribution in [2.45, 2.75) is 47.5 Å². The third-order valence-corrected chi connectivity index (χ3v) is 3.71. The summed E-state index contributed by atoms with van der Waals surface area (Å²) in [5.74, 6) is 0. The molecule has 0 N–H and O–H groups in total. The Morgan fingerprint density at radius 2 is 1.94 bits per heavy atom. The molecule has 0 saturated carbocycles. The van der Waals surface area contributed by atoms with E-state index in [2.05, 4.69) is 52.8 Å². The van der Waals surface area contributed by atoms with Gasteiger partial charge in [0.1, 0.15) is 0 Å². The van der Waals surface area contributed by atoms with Gasteiger partial charge < -0.3 is 0 Å². The Kier molecular flexibility index (Phi) is 7.25. The Labute approximate surface area is 126 Å². The van der Waals surface area contributed by atoms with E-state index in [1.54, 1.807) is 0 Å². The maximum Gasteiger partial charge on any atom is 2.00 e. The van der Waals surface area contributed by atoms with Crippen LogP contribution in [0, 0.1) is 17.6 Å². The molecule has 90 valence electrons. The van der Waals surface area contributed by atoms with E-state index < -0.39 is 0 Å². The summed E-state index contributed by atoms with van der Waals surface area (Å²) in [7, 11) is 0. The minimum atomic E-state index is 0. The van der Waals surface area contributed by atoms with Gasteiger partial charge in [-0.25, -0.2) is 17.7 Å². The second-order valence-corrected chi connectivity index (χ2v) is 4.69. The van der Waals surface area contributed by atoms with Gasteiger partial charge in [0.25, 0.3) is 0 Å². The zero-order chi connectivity index (χ0) is 12.2. The van der Waals surface area contributed by atoms with E-state index in [4.69, 9.17) is 0 Å². The normalized spacial score (nSPS) is 25.4. The van der Waals surface area contributed by atoms with E-state index in [0.717, 1.165) is 12.8 Å². The molecule has 0 aromatic heterocycles. The average molecular weight is 306 g/mol. The van der Waals surface area contributed by atoms with Gasteiger partial charge in [0.15, 0.2) is 0 Å². The topological polar surface area (TPSA) is 0 Å². The molecule has 0 amide bonds. The van der Waals surface area contributed by atoms with E-state index in [1.165, 1.54) is 16.7 Å². The van der Waals surface area contributed by atoms with Crippen LogP contribution < -0.4 is 0 Å². The fourth-order valence-electron chi connectivity index (χ4n) is 1.99. The summed E-state index contributed by atoms with van der Waals surface area (Å²) in [5.41, 5.74) is 4.51. The average Bonchev–Trinajstić information content (AvgIpc) is 2.89. The van der Waals surface area contributed by atoms with Gasteiger partial charge >= 0.3 is 26.2 Å². The molecule has 2 rings (SSSR count). The quantitative estimate of drug-likeness (QED) is 0.610. The van der Waals surface area contributed by atoms with Crippen LogP contribution in [0.4, 0.5) is 0 Å². The zero-order valence-corrected chi connectivity index (χ0v) is 14.1. The maximum atomic E-state index is 3.52. The van der Waals surface area contributed by atoms with Crippen LogP contribution in [0.5, 0.6) is 0 Å². The van der Waals surface area contributed by atoms with Crippen molar-refractivity contribution in [2.75, 3.05) is 0 Å².